The highest BCUT2D eigenvalue weighted by Crippen LogP contribution is 2.19. The summed E-state index contributed by atoms with van der Waals surface area (Å²) < 4.78 is 36.7. The van der Waals surface area contributed by atoms with E-state index in [1.807, 2.05) is 0 Å². The van der Waals surface area contributed by atoms with Crippen molar-refractivity contribution >= 4 is 5.69 Å². The molecule has 0 saturated carbocycles. The second-order valence-electron chi connectivity index (χ2n) is 1.70. The quantitative estimate of drug-likeness (QED) is 0.472. The molecule has 0 spiro atoms. The lowest BCUT2D eigenvalue weighted by molar-refractivity contribution is -0.391. The molecule has 0 radical (unpaired) electrons. The maximum Gasteiger partial charge on any atom is 0.365 e. The first kappa shape index (κ1) is 8.37. The highest BCUT2D eigenvalue weighted by Gasteiger charge is 2.26. The Hall–Kier alpha value is -1.73. The minimum absolute atomic E-state index is 1.41. The van der Waals surface area contributed by atoms with Crippen LogP contribution in [0.3, 0.4) is 0 Å². The van der Waals surface area contributed by atoms with E-state index in [0.717, 1.165) is 0 Å². The molecule has 8 heteroatoms. The molecule has 0 amide bonds. The zero-order valence-electron chi connectivity index (χ0n) is 5.29. The molecule has 1 aromatic rings. The number of nitro groups is 1. The lowest BCUT2D eigenvalue weighted by atomic mass is 10.4. The molecule has 0 aliphatic heterocycles. The van der Waals surface area contributed by atoms with Gasteiger partial charge < -0.3 is 0 Å². The van der Waals surface area contributed by atoms with Crippen molar-refractivity contribution in [2.45, 2.75) is 0 Å². The van der Waals surface area contributed by atoms with Gasteiger partial charge in [-0.1, -0.05) is 0 Å². The molecule has 5 nitrogen and oxygen atoms in total. The summed E-state index contributed by atoms with van der Waals surface area (Å²) in [5, 5.41) is 14.6. The number of halogens is 3. The van der Waals surface area contributed by atoms with Crippen molar-refractivity contribution in [1.82, 2.24) is 10.2 Å². The summed E-state index contributed by atoms with van der Waals surface area (Å²) >= 11 is 0. The van der Waals surface area contributed by atoms with E-state index < -0.39 is 28.3 Å². The van der Waals surface area contributed by atoms with Crippen molar-refractivity contribution in [1.29, 1.82) is 0 Å². The first-order valence-electron chi connectivity index (χ1n) is 2.55. The standard InChI is InChI=1S/C4F3N3O2/c5-1-2(10(11)12)4(7)9-8-3(1)6. The van der Waals surface area contributed by atoms with Gasteiger partial charge in [-0.3, -0.25) is 10.1 Å². The van der Waals surface area contributed by atoms with Crippen LogP contribution < -0.4 is 0 Å². The zero-order chi connectivity index (χ0) is 9.30. The fraction of sp³-hybridized carbons (Fsp3) is 0. The van der Waals surface area contributed by atoms with E-state index in [1.165, 1.54) is 0 Å². The summed E-state index contributed by atoms with van der Waals surface area (Å²) in [5.74, 6) is -5.51. The van der Waals surface area contributed by atoms with E-state index in [-0.39, 0.29) is 0 Å². The average Bonchev–Trinajstić information content (AvgIpc) is 1.97. The van der Waals surface area contributed by atoms with Gasteiger partial charge in [-0.2, -0.15) is 13.2 Å². The molecule has 1 rings (SSSR count). The summed E-state index contributed by atoms with van der Waals surface area (Å²) in [6.07, 6.45) is 0. The molecule has 0 aliphatic carbocycles. The summed E-state index contributed by atoms with van der Waals surface area (Å²) in [5.41, 5.74) is -1.64. The lowest BCUT2D eigenvalue weighted by Crippen LogP contribution is -2.04. The number of rotatable bonds is 1. The third-order valence-corrected chi connectivity index (χ3v) is 0.993. The van der Waals surface area contributed by atoms with E-state index in [4.69, 9.17) is 0 Å². The number of hydrogen-bond acceptors (Lipinski definition) is 4. The van der Waals surface area contributed by atoms with E-state index in [1.54, 1.807) is 0 Å². The Morgan fingerprint density at radius 3 is 2.08 bits per heavy atom. The Balaban J connectivity index is 3.43. The SMILES string of the molecule is O=[N+]([O-])c1c(F)nnc(F)c1F. The van der Waals surface area contributed by atoms with Crippen LogP contribution in [-0.2, 0) is 0 Å². The molecule has 1 heterocycles. The predicted octanol–water partition coefficient (Wildman–Crippen LogP) is 0.802. The van der Waals surface area contributed by atoms with Crippen LogP contribution >= 0.6 is 0 Å². The van der Waals surface area contributed by atoms with Crippen molar-refractivity contribution in [2.75, 3.05) is 0 Å². The second kappa shape index (κ2) is 2.72. The van der Waals surface area contributed by atoms with Crippen molar-refractivity contribution in [3.63, 3.8) is 0 Å². The van der Waals surface area contributed by atoms with E-state index in [9.17, 15) is 23.3 Å². The van der Waals surface area contributed by atoms with Crippen LogP contribution in [0.4, 0.5) is 18.9 Å². The van der Waals surface area contributed by atoms with Crippen molar-refractivity contribution < 1.29 is 18.1 Å². The van der Waals surface area contributed by atoms with Gasteiger partial charge in [0.25, 0.3) is 11.8 Å². The van der Waals surface area contributed by atoms with Gasteiger partial charge in [0.15, 0.2) is 0 Å². The van der Waals surface area contributed by atoms with Crippen molar-refractivity contribution in [2.24, 2.45) is 0 Å². The molecule has 0 fully saturated rings. The van der Waals surface area contributed by atoms with E-state index in [2.05, 4.69) is 10.2 Å². The smallest absolute Gasteiger partial charge is 0.258 e. The Bertz CT molecular complexity index is 343. The molecule has 0 unspecified atom stereocenters. The maximum atomic E-state index is 12.4. The Morgan fingerprint density at radius 1 is 1.17 bits per heavy atom. The van der Waals surface area contributed by atoms with Crippen LogP contribution in [-0.4, -0.2) is 15.1 Å². The number of aromatic nitrogens is 2. The predicted molar refractivity (Wildman–Crippen MR) is 28.6 cm³/mol. The average molecular weight is 179 g/mol. The fourth-order valence-corrected chi connectivity index (χ4v) is 0.523. The van der Waals surface area contributed by atoms with Gasteiger partial charge in [0.1, 0.15) is 0 Å². The first-order chi connectivity index (χ1) is 5.54. The van der Waals surface area contributed by atoms with Gasteiger partial charge >= 0.3 is 11.6 Å². The number of nitrogens with zero attached hydrogens (tertiary/aromatic N) is 3. The van der Waals surface area contributed by atoms with Gasteiger partial charge in [0.2, 0.25) is 0 Å². The molecule has 0 saturated heterocycles. The van der Waals surface area contributed by atoms with Gasteiger partial charge in [-0.05, 0) is 0 Å². The minimum Gasteiger partial charge on any atom is -0.258 e. The van der Waals surface area contributed by atoms with E-state index in [0.29, 0.717) is 0 Å². The highest BCUT2D eigenvalue weighted by molar-refractivity contribution is 5.27. The largest absolute Gasteiger partial charge is 0.365 e. The van der Waals surface area contributed by atoms with Crippen molar-refractivity contribution in [3.8, 4) is 0 Å². The molecule has 0 bridgehead atoms. The van der Waals surface area contributed by atoms with Gasteiger partial charge in [-0.25, -0.2) is 0 Å². The van der Waals surface area contributed by atoms with Gasteiger partial charge in [-0.15, -0.1) is 10.2 Å². The maximum absolute atomic E-state index is 12.4. The van der Waals surface area contributed by atoms with Crippen LogP contribution in [0, 0.1) is 27.8 Å². The molecular weight excluding hydrogens is 179 g/mol. The molecule has 0 aromatic carbocycles. The highest BCUT2D eigenvalue weighted by atomic mass is 19.2. The van der Waals surface area contributed by atoms with Crippen LogP contribution in [0.25, 0.3) is 0 Å². The molecule has 64 valence electrons. The molecular formula is C4F3N3O2. The molecule has 1 aromatic heterocycles. The Kier molecular flexibility index (Phi) is 1.90. The summed E-state index contributed by atoms with van der Waals surface area (Å²) in [6.45, 7) is 0. The monoisotopic (exact) mass is 179 g/mol. The topological polar surface area (TPSA) is 68.9 Å². The molecule has 0 atom stereocenters. The minimum atomic E-state index is -1.95. The Labute approximate surface area is 63.0 Å². The van der Waals surface area contributed by atoms with E-state index >= 15 is 0 Å². The summed E-state index contributed by atoms with van der Waals surface area (Å²) in [7, 11) is 0. The lowest BCUT2D eigenvalue weighted by Gasteiger charge is -1.93. The summed E-state index contributed by atoms with van der Waals surface area (Å²) in [4.78, 5) is 8.47. The number of hydrogen-bond donors (Lipinski definition) is 0. The van der Waals surface area contributed by atoms with Crippen LogP contribution in [0.1, 0.15) is 0 Å². The fourth-order valence-electron chi connectivity index (χ4n) is 0.523. The molecule has 0 N–H and O–H groups in total. The third-order valence-electron chi connectivity index (χ3n) is 0.993. The summed E-state index contributed by atoms with van der Waals surface area (Å²) in [6, 6.07) is 0. The van der Waals surface area contributed by atoms with Gasteiger partial charge in [0.05, 0.1) is 4.92 Å². The van der Waals surface area contributed by atoms with Crippen LogP contribution in [0.2, 0.25) is 0 Å². The first-order valence-corrected chi connectivity index (χ1v) is 2.55. The molecule has 12 heavy (non-hydrogen) atoms. The second-order valence-corrected chi connectivity index (χ2v) is 1.70. The van der Waals surface area contributed by atoms with Gasteiger partial charge in [0, 0.05) is 0 Å². The Morgan fingerprint density at radius 2 is 1.67 bits per heavy atom. The molecule has 0 aliphatic rings. The zero-order valence-corrected chi connectivity index (χ0v) is 5.29. The normalized spacial score (nSPS) is 9.92. The third kappa shape index (κ3) is 1.18. The van der Waals surface area contributed by atoms with Crippen molar-refractivity contribution in [3.05, 3.63) is 27.8 Å². The van der Waals surface area contributed by atoms with Crippen LogP contribution in [0.5, 0.6) is 0 Å². The van der Waals surface area contributed by atoms with Crippen LogP contribution in [0.15, 0.2) is 0 Å².